The molecule has 2 heterocycles. The third-order valence-electron chi connectivity index (χ3n) is 5.04. The SMILES string of the molecule is CC(Cc1nnc2n1-c1ccc(F)cc1C(c1ccccc1)=NC2)N(C)C. The maximum atomic E-state index is 14.1. The number of rotatable bonds is 4. The van der Waals surface area contributed by atoms with Gasteiger partial charge in [0.15, 0.2) is 5.82 Å². The first-order valence-electron chi connectivity index (χ1n) is 9.04. The molecule has 1 aliphatic rings. The van der Waals surface area contributed by atoms with E-state index in [0.29, 0.717) is 12.6 Å². The number of likely N-dealkylation sites (N-methyl/N-ethyl adjacent to an activating group) is 1. The van der Waals surface area contributed by atoms with Crippen LogP contribution in [0.5, 0.6) is 0 Å². The number of benzene rings is 2. The zero-order valence-electron chi connectivity index (χ0n) is 15.7. The molecule has 0 radical (unpaired) electrons. The van der Waals surface area contributed by atoms with Gasteiger partial charge in [0.1, 0.15) is 18.2 Å². The monoisotopic (exact) mass is 363 g/mol. The Morgan fingerprint density at radius 3 is 2.63 bits per heavy atom. The molecular weight excluding hydrogens is 341 g/mol. The number of aromatic nitrogens is 3. The van der Waals surface area contributed by atoms with Crippen LogP contribution < -0.4 is 0 Å². The van der Waals surface area contributed by atoms with Gasteiger partial charge in [-0.25, -0.2) is 4.39 Å². The summed E-state index contributed by atoms with van der Waals surface area (Å²) in [6, 6.07) is 15.0. The quantitative estimate of drug-likeness (QED) is 0.715. The molecule has 0 saturated carbocycles. The van der Waals surface area contributed by atoms with Gasteiger partial charge in [-0.2, -0.15) is 0 Å². The van der Waals surface area contributed by atoms with Crippen LogP contribution in [-0.4, -0.2) is 45.5 Å². The number of hydrogen-bond donors (Lipinski definition) is 0. The molecule has 0 amide bonds. The van der Waals surface area contributed by atoms with Crippen LogP contribution in [0.1, 0.15) is 29.7 Å². The molecule has 0 bridgehead atoms. The van der Waals surface area contributed by atoms with Crippen LogP contribution in [0.25, 0.3) is 5.69 Å². The van der Waals surface area contributed by atoms with E-state index in [-0.39, 0.29) is 5.82 Å². The van der Waals surface area contributed by atoms with Crippen molar-refractivity contribution in [2.24, 2.45) is 4.99 Å². The minimum atomic E-state index is -0.280. The number of halogens is 1. The number of hydrogen-bond acceptors (Lipinski definition) is 4. The van der Waals surface area contributed by atoms with E-state index in [4.69, 9.17) is 4.99 Å². The Kier molecular flexibility index (Phi) is 4.58. The van der Waals surface area contributed by atoms with Gasteiger partial charge >= 0.3 is 0 Å². The molecular formula is C21H22FN5. The second-order valence-corrected chi connectivity index (χ2v) is 7.08. The minimum Gasteiger partial charge on any atom is -0.306 e. The lowest BCUT2D eigenvalue weighted by atomic mass is 10.00. The van der Waals surface area contributed by atoms with Crippen LogP contribution in [0, 0.1) is 5.82 Å². The molecule has 0 saturated heterocycles. The fourth-order valence-corrected chi connectivity index (χ4v) is 3.28. The molecule has 1 aliphatic heterocycles. The highest BCUT2D eigenvalue weighted by molar-refractivity contribution is 6.15. The second kappa shape index (κ2) is 7.04. The van der Waals surface area contributed by atoms with E-state index < -0.39 is 0 Å². The summed E-state index contributed by atoms with van der Waals surface area (Å²) >= 11 is 0. The molecule has 2 aromatic carbocycles. The van der Waals surface area contributed by atoms with Gasteiger partial charge in [-0.3, -0.25) is 9.56 Å². The standard InChI is InChI=1S/C21H22FN5/c1-14(26(2)3)11-19-24-25-20-13-23-21(15-7-5-4-6-8-15)17-12-16(22)9-10-18(17)27(19)20/h4-10,12,14H,11,13H2,1-3H3. The van der Waals surface area contributed by atoms with Crippen molar-refractivity contribution >= 4 is 5.71 Å². The van der Waals surface area contributed by atoms with E-state index >= 15 is 0 Å². The van der Waals surface area contributed by atoms with Gasteiger partial charge in [-0.15, -0.1) is 10.2 Å². The maximum absolute atomic E-state index is 14.1. The van der Waals surface area contributed by atoms with Crippen LogP contribution in [0.2, 0.25) is 0 Å². The van der Waals surface area contributed by atoms with Gasteiger partial charge in [-0.05, 0) is 39.2 Å². The van der Waals surface area contributed by atoms with Crippen molar-refractivity contribution in [3.8, 4) is 5.69 Å². The molecule has 6 heteroatoms. The van der Waals surface area contributed by atoms with Crippen molar-refractivity contribution in [3.63, 3.8) is 0 Å². The Balaban J connectivity index is 1.87. The zero-order chi connectivity index (χ0) is 19.0. The Morgan fingerprint density at radius 2 is 1.89 bits per heavy atom. The van der Waals surface area contributed by atoms with Crippen LogP contribution in [-0.2, 0) is 13.0 Å². The lowest BCUT2D eigenvalue weighted by Crippen LogP contribution is -2.28. The normalized spacial score (nSPS) is 14.3. The number of fused-ring (bicyclic) bond motifs is 3. The summed E-state index contributed by atoms with van der Waals surface area (Å²) in [5.41, 5.74) is 3.38. The molecule has 1 atom stereocenters. The van der Waals surface area contributed by atoms with Crippen molar-refractivity contribution in [3.05, 3.63) is 77.1 Å². The molecule has 3 aromatic rings. The molecule has 0 spiro atoms. The largest absolute Gasteiger partial charge is 0.306 e. The lowest BCUT2D eigenvalue weighted by molar-refractivity contribution is 0.307. The van der Waals surface area contributed by atoms with Crippen molar-refractivity contribution in [1.82, 2.24) is 19.7 Å². The molecule has 1 aromatic heterocycles. The smallest absolute Gasteiger partial charge is 0.159 e. The average molecular weight is 363 g/mol. The third-order valence-corrected chi connectivity index (χ3v) is 5.04. The first-order chi connectivity index (χ1) is 13.0. The molecule has 138 valence electrons. The highest BCUT2D eigenvalue weighted by atomic mass is 19.1. The second-order valence-electron chi connectivity index (χ2n) is 7.08. The van der Waals surface area contributed by atoms with Gasteiger partial charge in [0, 0.05) is 23.6 Å². The maximum Gasteiger partial charge on any atom is 0.159 e. The average Bonchev–Trinajstić information content (AvgIpc) is 2.97. The van der Waals surface area contributed by atoms with E-state index in [1.54, 1.807) is 12.1 Å². The van der Waals surface area contributed by atoms with E-state index in [2.05, 4.69) is 22.0 Å². The van der Waals surface area contributed by atoms with Crippen LogP contribution in [0.4, 0.5) is 4.39 Å². The lowest BCUT2D eigenvalue weighted by Gasteiger charge is -2.20. The van der Waals surface area contributed by atoms with E-state index in [0.717, 1.165) is 40.6 Å². The zero-order valence-corrected chi connectivity index (χ0v) is 15.7. The number of aliphatic imine (C=N–C) groups is 1. The fraction of sp³-hybridized carbons (Fsp3) is 0.286. The number of nitrogens with zero attached hydrogens (tertiary/aromatic N) is 5. The van der Waals surface area contributed by atoms with Crippen LogP contribution in [0.15, 0.2) is 53.5 Å². The minimum absolute atomic E-state index is 0.280. The Bertz CT molecular complexity index is 991. The Hall–Kier alpha value is -2.86. The van der Waals surface area contributed by atoms with Crippen molar-refractivity contribution < 1.29 is 4.39 Å². The summed E-state index contributed by atoms with van der Waals surface area (Å²) in [7, 11) is 4.09. The molecule has 27 heavy (non-hydrogen) atoms. The third kappa shape index (κ3) is 3.28. The van der Waals surface area contributed by atoms with Gasteiger partial charge in [0.05, 0.1) is 11.4 Å². The summed E-state index contributed by atoms with van der Waals surface area (Å²) in [6.07, 6.45) is 0.748. The predicted molar refractivity (Wildman–Crippen MR) is 104 cm³/mol. The first-order valence-corrected chi connectivity index (χ1v) is 9.04. The Morgan fingerprint density at radius 1 is 1.11 bits per heavy atom. The fourth-order valence-electron chi connectivity index (χ4n) is 3.28. The van der Waals surface area contributed by atoms with Gasteiger partial charge in [0.2, 0.25) is 0 Å². The van der Waals surface area contributed by atoms with E-state index in [1.165, 1.54) is 6.07 Å². The topological polar surface area (TPSA) is 46.3 Å². The highest BCUT2D eigenvalue weighted by Crippen LogP contribution is 2.27. The van der Waals surface area contributed by atoms with Crippen molar-refractivity contribution in [2.45, 2.75) is 25.9 Å². The van der Waals surface area contributed by atoms with Crippen molar-refractivity contribution in [1.29, 1.82) is 0 Å². The Labute approximate surface area is 158 Å². The van der Waals surface area contributed by atoms with E-state index in [1.807, 2.05) is 49.0 Å². The van der Waals surface area contributed by atoms with Gasteiger partial charge in [-0.1, -0.05) is 30.3 Å². The first kappa shape index (κ1) is 17.5. The highest BCUT2D eigenvalue weighted by Gasteiger charge is 2.24. The summed E-state index contributed by atoms with van der Waals surface area (Å²) in [6.45, 7) is 2.56. The van der Waals surface area contributed by atoms with Gasteiger partial charge in [0.25, 0.3) is 0 Å². The predicted octanol–water partition coefficient (Wildman–Crippen LogP) is 3.25. The summed E-state index contributed by atoms with van der Waals surface area (Å²) < 4.78 is 16.2. The summed E-state index contributed by atoms with van der Waals surface area (Å²) in [5.74, 6) is 1.36. The summed E-state index contributed by atoms with van der Waals surface area (Å²) in [4.78, 5) is 6.91. The molecule has 4 rings (SSSR count). The molecule has 0 N–H and O–H groups in total. The van der Waals surface area contributed by atoms with Gasteiger partial charge < -0.3 is 4.90 Å². The molecule has 5 nitrogen and oxygen atoms in total. The summed E-state index contributed by atoms with van der Waals surface area (Å²) in [5, 5.41) is 8.78. The van der Waals surface area contributed by atoms with Crippen LogP contribution >= 0.6 is 0 Å². The van der Waals surface area contributed by atoms with E-state index in [9.17, 15) is 4.39 Å². The molecule has 1 unspecified atom stereocenters. The van der Waals surface area contributed by atoms with Crippen molar-refractivity contribution in [2.75, 3.05) is 14.1 Å². The molecule has 0 aliphatic carbocycles. The van der Waals surface area contributed by atoms with Crippen LogP contribution in [0.3, 0.4) is 0 Å². The molecule has 0 fully saturated rings.